The molecule has 0 saturated carbocycles. The van der Waals surface area contributed by atoms with E-state index in [-0.39, 0.29) is 11.8 Å². The fourth-order valence-corrected chi connectivity index (χ4v) is 2.31. The Kier molecular flexibility index (Phi) is 7.96. The molecule has 0 radical (unpaired) electrons. The lowest BCUT2D eigenvalue weighted by molar-refractivity contribution is -0.147. The van der Waals surface area contributed by atoms with Crippen molar-refractivity contribution < 1.29 is 14.7 Å². The number of nitrogens with zero attached hydrogens (tertiary/aromatic N) is 1. The number of amides is 1. The summed E-state index contributed by atoms with van der Waals surface area (Å²) in [7, 11) is 0. The van der Waals surface area contributed by atoms with Crippen LogP contribution in [-0.2, 0) is 9.59 Å². The summed E-state index contributed by atoms with van der Waals surface area (Å²) >= 11 is 5.54. The number of rotatable bonds is 4. The first-order valence-electron chi connectivity index (χ1n) is 7.61. The molecule has 122 valence electrons. The van der Waals surface area contributed by atoms with Crippen molar-refractivity contribution in [1.82, 2.24) is 4.90 Å². The standard InChI is InChI=1S/C11H19NO3.C6H5Cl/c1-8(2)5-6-12-7-9(11(14)15)3-4-10(12)13;7-6-4-2-1-3-5-6/h8-9H,3-7H2,1-2H3,(H,14,15);1-5H. The van der Waals surface area contributed by atoms with Crippen molar-refractivity contribution in [1.29, 1.82) is 0 Å². The molecule has 2 rings (SSSR count). The number of likely N-dealkylation sites (tertiary alicyclic amines) is 1. The van der Waals surface area contributed by atoms with Gasteiger partial charge in [-0.15, -0.1) is 0 Å². The normalized spacial score (nSPS) is 17.9. The fraction of sp³-hybridized carbons (Fsp3) is 0.529. The molecule has 0 bridgehead atoms. The van der Waals surface area contributed by atoms with Gasteiger partial charge in [-0.3, -0.25) is 9.59 Å². The van der Waals surface area contributed by atoms with Crippen molar-refractivity contribution >= 4 is 23.5 Å². The SMILES string of the molecule is CC(C)CCN1CC(C(=O)O)CCC1=O.Clc1ccccc1. The second kappa shape index (κ2) is 9.46. The summed E-state index contributed by atoms with van der Waals surface area (Å²) in [4.78, 5) is 24.0. The predicted molar refractivity (Wildman–Crippen MR) is 87.8 cm³/mol. The lowest BCUT2D eigenvalue weighted by atomic mass is 9.97. The highest BCUT2D eigenvalue weighted by Gasteiger charge is 2.29. The van der Waals surface area contributed by atoms with E-state index in [1.165, 1.54) is 0 Å². The molecule has 1 aliphatic rings. The van der Waals surface area contributed by atoms with Gasteiger partial charge in [0, 0.05) is 24.5 Å². The largest absolute Gasteiger partial charge is 0.481 e. The third-order valence-electron chi connectivity index (χ3n) is 3.56. The lowest BCUT2D eigenvalue weighted by Gasteiger charge is -2.31. The molecule has 1 fully saturated rings. The number of carbonyl (C=O) groups excluding carboxylic acids is 1. The van der Waals surface area contributed by atoms with E-state index in [1.807, 2.05) is 30.3 Å². The van der Waals surface area contributed by atoms with E-state index in [0.717, 1.165) is 11.4 Å². The lowest BCUT2D eigenvalue weighted by Crippen LogP contribution is -2.43. The predicted octanol–water partition coefficient (Wildman–Crippen LogP) is 3.70. The highest BCUT2D eigenvalue weighted by Crippen LogP contribution is 2.18. The van der Waals surface area contributed by atoms with Crippen LogP contribution in [0.4, 0.5) is 0 Å². The highest BCUT2D eigenvalue weighted by molar-refractivity contribution is 6.30. The molecule has 1 heterocycles. The minimum Gasteiger partial charge on any atom is -0.481 e. The van der Waals surface area contributed by atoms with E-state index in [4.69, 9.17) is 16.7 Å². The van der Waals surface area contributed by atoms with Crippen molar-refractivity contribution in [3.05, 3.63) is 35.4 Å². The summed E-state index contributed by atoms with van der Waals surface area (Å²) in [5.74, 6) is -0.497. The zero-order chi connectivity index (χ0) is 16.5. The molecule has 4 nitrogen and oxygen atoms in total. The van der Waals surface area contributed by atoms with Gasteiger partial charge < -0.3 is 10.0 Å². The molecule has 5 heteroatoms. The van der Waals surface area contributed by atoms with Gasteiger partial charge in [-0.2, -0.15) is 0 Å². The van der Waals surface area contributed by atoms with E-state index in [1.54, 1.807) is 4.90 Å². The fourth-order valence-electron chi connectivity index (χ4n) is 2.16. The Morgan fingerprint density at radius 1 is 1.36 bits per heavy atom. The van der Waals surface area contributed by atoms with Crippen molar-refractivity contribution in [2.75, 3.05) is 13.1 Å². The molecule has 0 aromatic heterocycles. The number of halogens is 1. The molecule has 0 aliphatic carbocycles. The molecular formula is C17H24ClNO3. The van der Waals surface area contributed by atoms with Gasteiger partial charge in [0.1, 0.15) is 0 Å². The molecule has 1 atom stereocenters. The van der Waals surface area contributed by atoms with Crippen LogP contribution in [0.3, 0.4) is 0 Å². The van der Waals surface area contributed by atoms with Crippen molar-refractivity contribution in [3.8, 4) is 0 Å². The van der Waals surface area contributed by atoms with Crippen LogP contribution in [0.15, 0.2) is 30.3 Å². The van der Waals surface area contributed by atoms with Crippen LogP contribution in [0.25, 0.3) is 0 Å². The first-order chi connectivity index (χ1) is 10.4. The number of benzene rings is 1. The Bertz CT molecular complexity index is 476. The second-order valence-electron chi connectivity index (χ2n) is 5.89. The van der Waals surface area contributed by atoms with Crippen LogP contribution in [0, 0.1) is 11.8 Å². The summed E-state index contributed by atoms with van der Waals surface area (Å²) in [5, 5.41) is 9.68. The van der Waals surface area contributed by atoms with E-state index in [2.05, 4.69) is 13.8 Å². The molecule has 1 unspecified atom stereocenters. The van der Waals surface area contributed by atoms with Crippen LogP contribution in [0.2, 0.25) is 5.02 Å². The Labute approximate surface area is 137 Å². The number of carboxylic acid groups (broad SMARTS) is 1. The van der Waals surface area contributed by atoms with E-state index in [9.17, 15) is 9.59 Å². The minimum absolute atomic E-state index is 0.105. The van der Waals surface area contributed by atoms with Gasteiger partial charge >= 0.3 is 5.97 Å². The molecule has 1 aromatic carbocycles. The zero-order valence-corrected chi connectivity index (χ0v) is 13.9. The summed E-state index contributed by atoms with van der Waals surface area (Å²) < 4.78 is 0. The third-order valence-corrected chi connectivity index (χ3v) is 3.81. The molecule has 1 saturated heterocycles. The Morgan fingerprint density at radius 3 is 2.45 bits per heavy atom. The van der Waals surface area contributed by atoms with E-state index >= 15 is 0 Å². The van der Waals surface area contributed by atoms with Crippen molar-refractivity contribution in [3.63, 3.8) is 0 Å². The number of carboxylic acids is 1. The number of hydrogen-bond acceptors (Lipinski definition) is 2. The van der Waals surface area contributed by atoms with Gasteiger partial charge in [-0.05, 0) is 30.9 Å². The smallest absolute Gasteiger partial charge is 0.308 e. The van der Waals surface area contributed by atoms with Crippen LogP contribution < -0.4 is 0 Å². The quantitative estimate of drug-likeness (QED) is 0.918. The summed E-state index contributed by atoms with van der Waals surface area (Å²) in [5.41, 5.74) is 0. The molecular weight excluding hydrogens is 302 g/mol. The maximum atomic E-state index is 11.5. The Balaban J connectivity index is 0.000000287. The third kappa shape index (κ3) is 6.94. The first-order valence-corrected chi connectivity index (χ1v) is 7.99. The van der Waals surface area contributed by atoms with Crippen molar-refractivity contribution in [2.24, 2.45) is 11.8 Å². The summed E-state index contributed by atoms with van der Waals surface area (Å²) in [6.07, 6.45) is 1.82. The summed E-state index contributed by atoms with van der Waals surface area (Å²) in [6, 6.07) is 9.44. The molecule has 22 heavy (non-hydrogen) atoms. The van der Waals surface area contributed by atoms with Crippen LogP contribution in [-0.4, -0.2) is 35.0 Å². The van der Waals surface area contributed by atoms with Gasteiger partial charge in [-0.1, -0.05) is 43.6 Å². The molecule has 1 aliphatic heterocycles. The highest BCUT2D eigenvalue weighted by atomic mass is 35.5. The van der Waals surface area contributed by atoms with E-state index < -0.39 is 5.97 Å². The van der Waals surface area contributed by atoms with Crippen LogP contribution in [0.1, 0.15) is 33.1 Å². The topological polar surface area (TPSA) is 57.6 Å². The van der Waals surface area contributed by atoms with Gasteiger partial charge in [0.25, 0.3) is 0 Å². The van der Waals surface area contributed by atoms with Crippen molar-refractivity contribution in [2.45, 2.75) is 33.1 Å². The average molecular weight is 326 g/mol. The summed E-state index contributed by atoms with van der Waals surface area (Å²) in [6.45, 7) is 5.29. The van der Waals surface area contributed by atoms with Crippen LogP contribution in [0.5, 0.6) is 0 Å². The minimum atomic E-state index is -0.781. The molecule has 1 aromatic rings. The Hall–Kier alpha value is -1.55. The van der Waals surface area contributed by atoms with E-state index in [0.29, 0.717) is 31.8 Å². The average Bonchev–Trinajstić information content (AvgIpc) is 2.47. The van der Waals surface area contributed by atoms with Gasteiger partial charge in [0.15, 0.2) is 0 Å². The number of carbonyl (C=O) groups is 2. The maximum Gasteiger partial charge on any atom is 0.308 e. The zero-order valence-electron chi connectivity index (χ0n) is 13.2. The first kappa shape index (κ1) is 18.5. The van der Waals surface area contributed by atoms with Gasteiger partial charge in [0.2, 0.25) is 5.91 Å². The monoisotopic (exact) mass is 325 g/mol. The number of hydrogen-bond donors (Lipinski definition) is 1. The maximum absolute atomic E-state index is 11.5. The molecule has 1 N–H and O–H groups in total. The van der Waals surface area contributed by atoms with Gasteiger partial charge in [0.05, 0.1) is 5.92 Å². The molecule has 0 spiro atoms. The Morgan fingerprint density at radius 2 is 2.00 bits per heavy atom. The number of aliphatic carboxylic acids is 1. The second-order valence-corrected chi connectivity index (χ2v) is 6.33. The van der Waals surface area contributed by atoms with Gasteiger partial charge in [-0.25, -0.2) is 0 Å². The number of piperidine rings is 1. The molecule has 1 amide bonds. The van der Waals surface area contributed by atoms with Crippen LogP contribution >= 0.6 is 11.6 Å².